The SMILES string of the molecule is CC(C)NC(=O)CCCC(=O)NCc1ccc2c(c1)CNC2.Cl. The van der Waals surface area contributed by atoms with E-state index in [4.69, 9.17) is 0 Å². The van der Waals surface area contributed by atoms with Crippen molar-refractivity contribution in [2.75, 3.05) is 0 Å². The Balaban J connectivity index is 0.00000264. The maximum atomic E-state index is 11.8. The summed E-state index contributed by atoms with van der Waals surface area (Å²) in [5, 5.41) is 9.04. The zero-order valence-corrected chi connectivity index (χ0v) is 14.6. The van der Waals surface area contributed by atoms with Crippen molar-refractivity contribution >= 4 is 24.2 Å². The highest BCUT2D eigenvalue weighted by molar-refractivity contribution is 5.85. The molecule has 0 saturated heterocycles. The first kappa shape index (κ1) is 19.5. The number of benzene rings is 1. The molecule has 23 heavy (non-hydrogen) atoms. The normalized spacial score (nSPS) is 12.5. The Bertz CT molecular complexity index is 547. The Morgan fingerprint density at radius 3 is 2.57 bits per heavy atom. The van der Waals surface area contributed by atoms with Crippen LogP contribution in [0.15, 0.2) is 18.2 Å². The number of hydrogen-bond donors (Lipinski definition) is 3. The van der Waals surface area contributed by atoms with Gasteiger partial charge in [-0.05, 0) is 37.0 Å². The van der Waals surface area contributed by atoms with Gasteiger partial charge in [0.05, 0.1) is 0 Å². The van der Waals surface area contributed by atoms with Gasteiger partial charge in [0.15, 0.2) is 0 Å². The third kappa shape index (κ3) is 6.59. The van der Waals surface area contributed by atoms with Crippen LogP contribution in [0.3, 0.4) is 0 Å². The lowest BCUT2D eigenvalue weighted by Gasteiger charge is -2.09. The summed E-state index contributed by atoms with van der Waals surface area (Å²) >= 11 is 0. The Kier molecular flexibility index (Phi) is 8.06. The number of fused-ring (bicyclic) bond motifs is 1. The van der Waals surface area contributed by atoms with Crippen LogP contribution in [0.5, 0.6) is 0 Å². The predicted molar refractivity (Wildman–Crippen MR) is 93.2 cm³/mol. The van der Waals surface area contributed by atoms with Crippen LogP contribution in [0.1, 0.15) is 49.8 Å². The van der Waals surface area contributed by atoms with Gasteiger partial charge in [0, 0.05) is 38.5 Å². The first-order valence-electron chi connectivity index (χ1n) is 7.92. The molecule has 0 saturated carbocycles. The van der Waals surface area contributed by atoms with Gasteiger partial charge >= 0.3 is 0 Å². The van der Waals surface area contributed by atoms with Crippen LogP contribution in [-0.2, 0) is 29.2 Å². The van der Waals surface area contributed by atoms with Gasteiger partial charge in [-0.15, -0.1) is 12.4 Å². The van der Waals surface area contributed by atoms with E-state index in [0.717, 1.165) is 18.7 Å². The molecule has 0 aliphatic carbocycles. The maximum absolute atomic E-state index is 11.8. The summed E-state index contributed by atoms with van der Waals surface area (Å²) in [5.74, 6) is 0.00453. The number of amides is 2. The second-order valence-electron chi connectivity index (χ2n) is 6.06. The summed E-state index contributed by atoms with van der Waals surface area (Å²) in [6.45, 7) is 6.24. The molecule has 128 valence electrons. The number of hydrogen-bond acceptors (Lipinski definition) is 3. The minimum absolute atomic E-state index is 0. The Hall–Kier alpha value is -1.59. The molecule has 0 fully saturated rings. The molecule has 3 N–H and O–H groups in total. The van der Waals surface area contributed by atoms with Gasteiger partial charge in [-0.2, -0.15) is 0 Å². The first-order valence-corrected chi connectivity index (χ1v) is 7.92. The van der Waals surface area contributed by atoms with Crippen LogP contribution in [0.2, 0.25) is 0 Å². The molecule has 0 spiro atoms. The molecule has 0 bridgehead atoms. The Morgan fingerprint density at radius 1 is 1.13 bits per heavy atom. The standard InChI is InChI=1S/C17H25N3O2.ClH/c1-12(2)20-17(22)5-3-4-16(21)19-9-13-6-7-14-10-18-11-15(14)8-13;/h6-8,12,18H,3-5,9-11H2,1-2H3,(H,19,21)(H,20,22);1H. The molecule has 0 radical (unpaired) electrons. The zero-order valence-electron chi connectivity index (χ0n) is 13.8. The molecule has 1 aliphatic rings. The summed E-state index contributed by atoms with van der Waals surface area (Å²) in [6.07, 6.45) is 1.37. The number of rotatable bonds is 7. The number of carbonyl (C=O) groups excluding carboxylic acids is 2. The lowest BCUT2D eigenvalue weighted by molar-refractivity contribution is -0.122. The fourth-order valence-electron chi connectivity index (χ4n) is 2.55. The molecule has 0 aromatic heterocycles. The summed E-state index contributed by atoms with van der Waals surface area (Å²) in [7, 11) is 0. The van der Waals surface area contributed by atoms with Gasteiger partial charge in [0.25, 0.3) is 0 Å². The van der Waals surface area contributed by atoms with Gasteiger partial charge in [-0.3, -0.25) is 9.59 Å². The van der Waals surface area contributed by atoms with Gasteiger partial charge in [0.2, 0.25) is 11.8 Å². The smallest absolute Gasteiger partial charge is 0.220 e. The van der Waals surface area contributed by atoms with Gasteiger partial charge in [0.1, 0.15) is 0 Å². The van der Waals surface area contributed by atoms with E-state index in [0.29, 0.717) is 25.8 Å². The maximum Gasteiger partial charge on any atom is 0.220 e. The summed E-state index contributed by atoms with van der Waals surface area (Å²) in [6, 6.07) is 6.47. The van der Waals surface area contributed by atoms with Crippen molar-refractivity contribution in [3.63, 3.8) is 0 Å². The lowest BCUT2D eigenvalue weighted by Crippen LogP contribution is -2.30. The third-order valence-corrected chi connectivity index (χ3v) is 3.65. The molecule has 1 aromatic carbocycles. The first-order chi connectivity index (χ1) is 10.5. The van der Waals surface area contributed by atoms with Crippen molar-refractivity contribution in [2.45, 2.75) is 58.8 Å². The largest absolute Gasteiger partial charge is 0.354 e. The molecule has 1 aromatic rings. The second-order valence-corrected chi connectivity index (χ2v) is 6.06. The van der Waals surface area contributed by atoms with Crippen molar-refractivity contribution in [1.29, 1.82) is 0 Å². The van der Waals surface area contributed by atoms with Gasteiger partial charge in [-0.25, -0.2) is 0 Å². The molecule has 2 amide bonds. The summed E-state index contributed by atoms with van der Waals surface area (Å²) < 4.78 is 0. The fraction of sp³-hybridized carbons (Fsp3) is 0.529. The summed E-state index contributed by atoms with van der Waals surface area (Å²) in [4.78, 5) is 23.3. The van der Waals surface area contributed by atoms with E-state index in [-0.39, 0.29) is 30.3 Å². The van der Waals surface area contributed by atoms with Crippen molar-refractivity contribution in [3.8, 4) is 0 Å². The van der Waals surface area contributed by atoms with E-state index >= 15 is 0 Å². The van der Waals surface area contributed by atoms with E-state index in [1.165, 1.54) is 11.1 Å². The van der Waals surface area contributed by atoms with Gasteiger partial charge in [-0.1, -0.05) is 18.2 Å². The Morgan fingerprint density at radius 2 is 1.83 bits per heavy atom. The highest BCUT2D eigenvalue weighted by Crippen LogP contribution is 2.16. The topological polar surface area (TPSA) is 70.2 Å². The van der Waals surface area contributed by atoms with Crippen molar-refractivity contribution in [2.24, 2.45) is 0 Å². The number of nitrogens with one attached hydrogen (secondary N) is 3. The molecule has 2 rings (SSSR count). The van der Waals surface area contributed by atoms with Crippen LogP contribution >= 0.6 is 12.4 Å². The highest BCUT2D eigenvalue weighted by Gasteiger charge is 2.10. The van der Waals surface area contributed by atoms with Crippen LogP contribution in [0.25, 0.3) is 0 Å². The average molecular weight is 340 g/mol. The quantitative estimate of drug-likeness (QED) is 0.712. The van der Waals surface area contributed by atoms with Crippen molar-refractivity contribution in [1.82, 2.24) is 16.0 Å². The molecular formula is C17H26ClN3O2. The highest BCUT2D eigenvalue weighted by atomic mass is 35.5. The summed E-state index contributed by atoms with van der Waals surface area (Å²) in [5.41, 5.74) is 3.77. The molecule has 1 aliphatic heterocycles. The molecule has 0 unspecified atom stereocenters. The van der Waals surface area contributed by atoms with E-state index in [2.05, 4.69) is 34.1 Å². The minimum Gasteiger partial charge on any atom is -0.354 e. The van der Waals surface area contributed by atoms with Crippen LogP contribution in [0.4, 0.5) is 0 Å². The third-order valence-electron chi connectivity index (χ3n) is 3.65. The van der Waals surface area contributed by atoms with Crippen LogP contribution in [0, 0.1) is 0 Å². The molecular weight excluding hydrogens is 314 g/mol. The lowest BCUT2D eigenvalue weighted by atomic mass is 10.1. The molecule has 5 nitrogen and oxygen atoms in total. The van der Waals surface area contributed by atoms with E-state index in [1.54, 1.807) is 0 Å². The Labute approximate surface area is 144 Å². The van der Waals surface area contributed by atoms with Crippen LogP contribution < -0.4 is 16.0 Å². The number of carbonyl (C=O) groups is 2. The minimum atomic E-state index is -0.00373. The van der Waals surface area contributed by atoms with E-state index < -0.39 is 0 Å². The van der Waals surface area contributed by atoms with Crippen LogP contribution in [-0.4, -0.2) is 17.9 Å². The molecule has 6 heteroatoms. The number of halogens is 1. The monoisotopic (exact) mass is 339 g/mol. The molecule has 0 atom stereocenters. The zero-order chi connectivity index (χ0) is 15.9. The van der Waals surface area contributed by atoms with E-state index in [9.17, 15) is 9.59 Å². The van der Waals surface area contributed by atoms with E-state index in [1.807, 2.05) is 13.8 Å². The second kappa shape index (κ2) is 9.53. The van der Waals surface area contributed by atoms with Crippen molar-refractivity contribution in [3.05, 3.63) is 34.9 Å². The van der Waals surface area contributed by atoms with Crippen molar-refractivity contribution < 1.29 is 9.59 Å². The predicted octanol–water partition coefficient (Wildman–Crippen LogP) is 2.02. The van der Waals surface area contributed by atoms with Gasteiger partial charge < -0.3 is 16.0 Å². The molecule has 1 heterocycles. The average Bonchev–Trinajstić information content (AvgIpc) is 2.91. The fourth-order valence-corrected chi connectivity index (χ4v) is 2.55.